The third kappa shape index (κ3) is 4.61. The van der Waals surface area contributed by atoms with Gasteiger partial charge in [0, 0.05) is 42.9 Å². The molecular weight excluding hydrogens is 414 g/mol. The van der Waals surface area contributed by atoms with Crippen molar-refractivity contribution < 1.29 is 14.7 Å². The maximum Gasteiger partial charge on any atom is 0.233 e. The first kappa shape index (κ1) is 21.0. The highest BCUT2D eigenvalue weighted by Crippen LogP contribution is 2.29. The number of carboxylic acids is 1. The number of aryl methyl sites for hydroxylation is 1. The van der Waals surface area contributed by atoms with Gasteiger partial charge in [0.25, 0.3) is 0 Å². The van der Waals surface area contributed by atoms with Crippen molar-refractivity contribution in [3.8, 4) is 17.1 Å². The number of hydrogen-bond acceptors (Lipinski definition) is 7. The number of nitrogens with zero attached hydrogens (tertiary/aromatic N) is 5. The Balaban J connectivity index is 1.55. The van der Waals surface area contributed by atoms with Gasteiger partial charge in [0.2, 0.25) is 5.91 Å². The van der Waals surface area contributed by atoms with Crippen LogP contribution in [0.2, 0.25) is 0 Å². The lowest BCUT2D eigenvalue weighted by Crippen LogP contribution is -2.44. The van der Waals surface area contributed by atoms with Crippen LogP contribution in [0.4, 0.5) is 0 Å². The van der Waals surface area contributed by atoms with Gasteiger partial charge in [-0.25, -0.2) is 0 Å². The molecule has 31 heavy (non-hydrogen) atoms. The summed E-state index contributed by atoms with van der Waals surface area (Å²) in [6.45, 7) is 2.89. The molecule has 3 aromatic rings. The summed E-state index contributed by atoms with van der Waals surface area (Å²) in [6, 6.07) is 11.7. The van der Waals surface area contributed by atoms with Crippen LogP contribution < -0.4 is 5.11 Å². The van der Waals surface area contributed by atoms with Gasteiger partial charge in [-0.2, -0.15) is 0 Å². The minimum atomic E-state index is -1.03. The number of para-hydroxylation sites is 1. The lowest BCUT2D eigenvalue weighted by Gasteiger charge is -2.32. The molecule has 0 atom stereocenters. The first-order valence-corrected chi connectivity index (χ1v) is 11.1. The van der Waals surface area contributed by atoms with Crippen molar-refractivity contribution in [3.05, 3.63) is 54.4 Å². The molecule has 0 aliphatic carbocycles. The van der Waals surface area contributed by atoms with Crippen LogP contribution in [-0.2, 0) is 9.59 Å². The number of rotatable bonds is 6. The molecule has 0 spiro atoms. The fraction of sp³-hybridized carbons (Fsp3) is 0.318. The number of carbonyl (C=O) groups is 2. The number of amides is 1. The summed E-state index contributed by atoms with van der Waals surface area (Å²) in [4.78, 5) is 29.5. The highest BCUT2D eigenvalue weighted by Gasteiger charge is 2.24. The maximum absolute atomic E-state index is 12.7. The number of pyridine rings is 1. The molecule has 160 valence electrons. The zero-order chi connectivity index (χ0) is 21.8. The predicted molar refractivity (Wildman–Crippen MR) is 114 cm³/mol. The van der Waals surface area contributed by atoms with Crippen molar-refractivity contribution in [2.75, 3.05) is 18.8 Å². The number of thioether (sulfide) groups is 1. The topological polar surface area (TPSA) is 104 Å². The van der Waals surface area contributed by atoms with Crippen molar-refractivity contribution in [2.45, 2.75) is 24.9 Å². The maximum atomic E-state index is 12.7. The van der Waals surface area contributed by atoms with E-state index in [2.05, 4.69) is 15.2 Å². The van der Waals surface area contributed by atoms with E-state index in [1.54, 1.807) is 17.3 Å². The van der Waals surface area contributed by atoms with E-state index >= 15 is 0 Å². The quantitative estimate of drug-likeness (QED) is 0.542. The van der Waals surface area contributed by atoms with Crippen LogP contribution in [0.3, 0.4) is 0 Å². The number of likely N-dealkylation sites (tertiary alicyclic amines) is 1. The molecule has 0 bridgehead atoms. The predicted octanol–water partition coefficient (Wildman–Crippen LogP) is 1.72. The average Bonchev–Trinajstić information content (AvgIpc) is 3.22. The standard InChI is InChI=1S/C22H23N5O3S/c1-15-4-2-3-5-18(15)27-20(16-6-10-23-11-7-16)24-25-22(27)31-14-19(28)26-12-8-17(9-13-26)21(29)30/h2-7,10-11,17H,8-9,12-14H2,1H3,(H,29,30)/p-1. The molecule has 1 aliphatic rings. The van der Waals surface area contributed by atoms with E-state index in [0.29, 0.717) is 36.9 Å². The minimum Gasteiger partial charge on any atom is -0.550 e. The second-order valence-electron chi connectivity index (χ2n) is 7.43. The van der Waals surface area contributed by atoms with Gasteiger partial charge in [-0.05, 0) is 43.5 Å². The molecule has 0 N–H and O–H groups in total. The van der Waals surface area contributed by atoms with E-state index in [9.17, 15) is 14.7 Å². The summed E-state index contributed by atoms with van der Waals surface area (Å²) in [5.74, 6) is -0.649. The van der Waals surface area contributed by atoms with E-state index in [-0.39, 0.29) is 11.7 Å². The Labute approximate surface area is 184 Å². The van der Waals surface area contributed by atoms with Crippen LogP contribution in [0.1, 0.15) is 18.4 Å². The number of benzene rings is 1. The minimum absolute atomic E-state index is 0.0356. The molecule has 0 radical (unpaired) electrons. The lowest BCUT2D eigenvalue weighted by atomic mass is 9.97. The number of carboxylic acid groups (broad SMARTS) is 1. The van der Waals surface area contributed by atoms with Crippen molar-refractivity contribution in [3.63, 3.8) is 0 Å². The highest BCUT2D eigenvalue weighted by molar-refractivity contribution is 7.99. The Hall–Kier alpha value is -3.20. The van der Waals surface area contributed by atoms with E-state index < -0.39 is 11.9 Å². The van der Waals surface area contributed by atoms with Crippen LogP contribution in [0.5, 0.6) is 0 Å². The Bertz CT molecular complexity index is 1080. The zero-order valence-corrected chi connectivity index (χ0v) is 17.9. The molecule has 0 unspecified atom stereocenters. The van der Waals surface area contributed by atoms with Crippen molar-refractivity contribution in [1.82, 2.24) is 24.6 Å². The molecule has 1 amide bonds. The van der Waals surface area contributed by atoms with Gasteiger partial charge in [0.05, 0.1) is 11.4 Å². The SMILES string of the molecule is Cc1ccccc1-n1c(SCC(=O)N2CCC(C(=O)[O-])CC2)nnc1-c1ccncc1. The van der Waals surface area contributed by atoms with Crippen molar-refractivity contribution in [1.29, 1.82) is 0 Å². The molecule has 2 aromatic heterocycles. The summed E-state index contributed by atoms with van der Waals surface area (Å²) in [6.07, 6.45) is 4.28. The summed E-state index contributed by atoms with van der Waals surface area (Å²) < 4.78 is 1.96. The largest absolute Gasteiger partial charge is 0.550 e. The second-order valence-corrected chi connectivity index (χ2v) is 8.37. The Morgan fingerprint density at radius 1 is 1.10 bits per heavy atom. The van der Waals surface area contributed by atoms with E-state index in [4.69, 9.17) is 0 Å². The van der Waals surface area contributed by atoms with Crippen LogP contribution in [-0.4, -0.2) is 55.4 Å². The highest BCUT2D eigenvalue weighted by atomic mass is 32.2. The number of aliphatic carboxylic acids is 1. The van der Waals surface area contributed by atoms with Gasteiger partial charge in [-0.15, -0.1) is 10.2 Å². The molecule has 8 nitrogen and oxygen atoms in total. The Morgan fingerprint density at radius 3 is 2.48 bits per heavy atom. The summed E-state index contributed by atoms with van der Waals surface area (Å²) >= 11 is 1.33. The van der Waals surface area contributed by atoms with Gasteiger partial charge in [-0.3, -0.25) is 14.3 Å². The normalized spacial score (nSPS) is 14.5. The first-order valence-electron chi connectivity index (χ1n) is 10.1. The summed E-state index contributed by atoms with van der Waals surface area (Å²) in [7, 11) is 0. The van der Waals surface area contributed by atoms with Gasteiger partial charge in [-0.1, -0.05) is 30.0 Å². The van der Waals surface area contributed by atoms with Crippen LogP contribution in [0, 0.1) is 12.8 Å². The van der Waals surface area contributed by atoms with E-state index in [1.807, 2.05) is 47.9 Å². The van der Waals surface area contributed by atoms with Gasteiger partial charge >= 0.3 is 0 Å². The summed E-state index contributed by atoms with van der Waals surface area (Å²) in [5.41, 5.74) is 2.90. The molecule has 0 saturated carbocycles. The third-order valence-corrected chi connectivity index (χ3v) is 6.35. The molecule has 9 heteroatoms. The molecular formula is C22H22N5O3S-. The van der Waals surface area contributed by atoms with E-state index in [0.717, 1.165) is 16.8 Å². The first-order chi connectivity index (χ1) is 15.0. The molecule has 4 rings (SSSR count). The van der Waals surface area contributed by atoms with Crippen molar-refractivity contribution >= 4 is 23.6 Å². The fourth-order valence-corrected chi connectivity index (χ4v) is 4.51. The number of hydrogen-bond donors (Lipinski definition) is 0. The summed E-state index contributed by atoms with van der Waals surface area (Å²) in [5, 5.41) is 20.4. The smallest absolute Gasteiger partial charge is 0.233 e. The third-order valence-electron chi connectivity index (χ3n) is 5.43. The monoisotopic (exact) mass is 436 g/mol. The van der Waals surface area contributed by atoms with Crippen LogP contribution in [0.15, 0.2) is 53.9 Å². The molecule has 1 fully saturated rings. The Morgan fingerprint density at radius 2 is 1.81 bits per heavy atom. The van der Waals surface area contributed by atoms with Crippen molar-refractivity contribution in [2.24, 2.45) is 5.92 Å². The van der Waals surface area contributed by atoms with Gasteiger partial charge in [0.1, 0.15) is 0 Å². The van der Waals surface area contributed by atoms with Crippen LogP contribution >= 0.6 is 11.8 Å². The molecule has 3 heterocycles. The Kier molecular flexibility index (Phi) is 6.31. The van der Waals surface area contributed by atoms with E-state index in [1.165, 1.54) is 11.8 Å². The fourth-order valence-electron chi connectivity index (χ4n) is 3.67. The number of piperidine rings is 1. The molecule has 1 aromatic carbocycles. The zero-order valence-electron chi connectivity index (χ0n) is 17.1. The lowest BCUT2D eigenvalue weighted by molar-refractivity contribution is -0.312. The number of aromatic nitrogens is 4. The van der Waals surface area contributed by atoms with Gasteiger partial charge < -0.3 is 14.8 Å². The van der Waals surface area contributed by atoms with Crippen LogP contribution in [0.25, 0.3) is 17.1 Å². The van der Waals surface area contributed by atoms with Gasteiger partial charge in [0.15, 0.2) is 11.0 Å². The second kappa shape index (κ2) is 9.30. The molecule has 1 aliphatic heterocycles. The average molecular weight is 437 g/mol. The molecule has 1 saturated heterocycles. The number of carbonyl (C=O) groups excluding carboxylic acids is 2.